The van der Waals surface area contributed by atoms with Gasteiger partial charge in [-0.3, -0.25) is 15.1 Å². The highest BCUT2D eigenvalue weighted by Gasteiger charge is 2.14. The van der Waals surface area contributed by atoms with E-state index in [9.17, 15) is 10.1 Å². The number of nitro benzene ring substituents is 1. The molecule has 1 heterocycles. The molecule has 0 N–H and O–H groups in total. The van der Waals surface area contributed by atoms with Gasteiger partial charge in [0.15, 0.2) is 0 Å². The lowest BCUT2D eigenvalue weighted by molar-refractivity contribution is -0.385. The van der Waals surface area contributed by atoms with Gasteiger partial charge in [0.1, 0.15) is 12.4 Å². The summed E-state index contributed by atoms with van der Waals surface area (Å²) in [6.45, 7) is 0.0861. The molecule has 0 aliphatic heterocycles. The Kier molecular flexibility index (Phi) is 4.92. The van der Waals surface area contributed by atoms with Crippen LogP contribution in [0.5, 0.6) is 5.75 Å². The van der Waals surface area contributed by atoms with E-state index in [1.165, 1.54) is 6.07 Å². The lowest BCUT2D eigenvalue weighted by Crippen LogP contribution is -2.01. The fourth-order valence-corrected chi connectivity index (χ4v) is 2.06. The second kappa shape index (κ2) is 6.67. The van der Waals surface area contributed by atoms with Gasteiger partial charge in [-0.25, -0.2) is 0 Å². The van der Waals surface area contributed by atoms with Crippen molar-refractivity contribution in [3.05, 3.63) is 62.9 Å². The average Bonchev–Trinajstić information content (AvgIpc) is 2.46. The highest BCUT2D eigenvalue weighted by Crippen LogP contribution is 2.24. The molecule has 7 heteroatoms. The van der Waals surface area contributed by atoms with Crippen molar-refractivity contribution in [1.82, 2.24) is 4.98 Å². The summed E-state index contributed by atoms with van der Waals surface area (Å²) in [7, 11) is 0. The zero-order valence-electron chi connectivity index (χ0n) is 10.3. The van der Waals surface area contributed by atoms with Crippen LogP contribution in [0.2, 0.25) is 5.02 Å². The van der Waals surface area contributed by atoms with E-state index in [1.54, 1.807) is 24.4 Å². The maximum absolute atomic E-state index is 10.9. The number of ether oxygens (including phenoxy) is 1. The Hall–Kier alpha value is -1.66. The van der Waals surface area contributed by atoms with E-state index in [0.29, 0.717) is 21.7 Å². The Morgan fingerprint density at radius 2 is 2.15 bits per heavy atom. The van der Waals surface area contributed by atoms with E-state index in [0.717, 1.165) is 5.69 Å². The lowest BCUT2D eigenvalue weighted by Gasteiger charge is -2.07. The Bertz CT molecular complexity index is 620. The van der Waals surface area contributed by atoms with Gasteiger partial charge in [-0.05, 0) is 24.3 Å². The van der Waals surface area contributed by atoms with Crippen LogP contribution in [-0.4, -0.2) is 9.91 Å². The largest absolute Gasteiger partial charge is 0.487 e. The number of rotatable bonds is 5. The summed E-state index contributed by atoms with van der Waals surface area (Å²) in [5.41, 5.74) is 1.29. The topological polar surface area (TPSA) is 65.3 Å². The number of aromatic nitrogens is 1. The second-order valence-corrected chi connectivity index (χ2v) is 4.93. The molecule has 2 aromatic rings. The molecule has 5 nitrogen and oxygen atoms in total. The summed E-state index contributed by atoms with van der Waals surface area (Å²) >= 11 is 9.05. The molecule has 0 bridgehead atoms. The molecule has 0 amide bonds. The first-order valence-corrected chi connectivity index (χ1v) is 7.16. The van der Waals surface area contributed by atoms with Crippen molar-refractivity contribution in [2.24, 2.45) is 0 Å². The first kappa shape index (κ1) is 14.7. The van der Waals surface area contributed by atoms with Gasteiger partial charge < -0.3 is 4.74 Å². The van der Waals surface area contributed by atoms with Crippen molar-refractivity contribution in [2.75, 3.05) is 0 Å². The first-order valence-electron chi connectivity index (χ1n) is 5.66. The van der Waals surface area contributed by atoms with Gasteiger partial charge in [0, 0.05) is 16.4 Å². The summed E-state index contributed by atoms with van der Waals surface area (Å²) in [6.07, 6.45) is 1.58. The van der Waals surface area contributed by atoms with Crippen LogP contribution in [0.1, 0.15) is 11.3 Å². The van der Waals surface area contributed by atoms with Gasteiger partial charge in [-0.1, -0.05) is 27.5 Å². The number of benzene rings is 1. The monoisotopic (exact) mass is 356 g/mol. The highest BCUT2D eigenvalue weighted by molar-refractivity contribution is 9.08. The van der Waals surface area contributed by atoms with Crippen LogP contribution in [-0.2, 0) is 11.9 Å². The standard InChI is InChI=1S/C13H10BrClN2O3/c14-6-11-3-4-12(7-16-11)20-8-9-1-2-10(15)5-13(9)17(18)19/h1-5,7H,6,8H2. The Morgan fingerprint density at radius 3 is 2.75 bits per heavy atom. The minimum absolute atomic E-state index is 0.0532. The predicted octanol–water partition coefficient (Wildman–Crippen LogP) is 4.12. The zero-order valence-corrected chi connectivity index (χ0v) is 12.6. The van der Waals surface area contributed by atoms with Crippen molar-refractivity contribution in [2.45, 2.75) is 11.9 Å². The fourth-order valence-electron chi connectivity index (χ4n) is 1.57. The third-order valence-electron chi connectivity index (χ3n) is 2.57. The van der Waals surface area contributed by atoms with E-state index in [1.807, 2.05) is 6.07 Å². The molecule has 0 radical (unpaired) electrons. The van der Waals surface area contributed by atoms with Crippen molar-refractivity contribution >= 4 is 33.2 Å². The molecule has 0 saturated heterocycles. The summed E-state index contributed by atoms with van der Waals surface area (Å²) in [5.74, 6) is 0.555. The smallest absolute Gasteiger partial charge is 0.277 e. The van der Waals surface area contributed by atoms with Crippen LogP contribution in [0.4, 0.5) is 5.69 Å². The molecule has 0 saturated carbocycles. The van der Waals surface area contributed by atoms with Gasteiger partial charge >= 0.3 is 0 Å². The van der Waals surface area contributed by atoms with E-state index in [4.69, 9.17) is 16.3 Å². The van der Waals surface area contributed by atoms with Crippen molar-refractivity contribution < 1.29 is 9.66 Å². The molecule has 1 aromatic heterocycles. The highest BCUT2D eigenvalue weighted by atomic mass is 79.9. The van der Waals surface area contributed by atoms with Crippen molar-refractivity contribution in [3.63, 3.8) is 0 Å². The number of halogens is 2. The Balaban J connectivity index is 2.12. The number of nitrogens with zero attached hydrogens (tertiary/aromatic N) is 2. The number of pyridine rings is 1. The van der Waals surface area contributed by atoms with Crippen LogP contribution in [0, 0.1) is 10.1 Å². The Morgan fingerprint density at radius 1 is 1.35 bits per heavy atom. The number of nitro groups is 1. The fraction of sp³-hybridized carbons (Fsp3) is 0.154. The lowest BCUT2D eigenvalue weighted by atomic mass is 10.2. The van der Waals surface area contributed by atoms with E-state index < -0.39 is 4.92 Å². The van der Waals surface area contributed by atoms with Crippen LogP contribution < -0.4 is 4.74 Å². The summed E-state index contributed by atoms with van der Waals surface area (Å²) in [5, 5.41) is 11.9. The van der Waals surface area contributed by atoms with Crippen LogP contribution in [0.25, 0.3) is 0 Å². The number of alkyl halides is 1. The molecule has 0 spiro atoms. The number of hydrogen-bond acceptors (Lipinski definition) is 4. The molecule has 0 fully saturated rings. The minimum atomic E-state index is -0.475. The van der Waals surface area contributed by atoms with Crippen LogP contribution in [0.3, 0.4) is 0 Å². The molecule has 0 atom stereocenters. The summed E-state index contributed by atoms with van der Waals surface area (Å²) in [6, 6.07) is 8.08. The van der Waals surface area contributed by atoms with E-state index in [-0.39, 0.29) is 12.3 Å². The maximum Gasteiger partial charge on any atom is 0.277 e. The molecule has 0 unspecified atom stereocenters. The van der Waals surface area contributed by atoms with E-state index in [2.05, 4.69) is 20.9 Å². The normalized spacial score (nSPS) is 10.3. The van der Waals surface area contributed by atoms with Gasteiger partial charge in [-0.15, -0.1) is 0 Å². The Labute approximate surface area is 128 Å². The van der Waals surface area contributed by atoms with Crippen molar-refractivity contribution in [3.8, 4) is 5.75 Å². The first-order chi connectivity index (χ1) is 9.60. The third kappa shape index (κ3) is 3.68. The SMILES string of the molecule is O=[N+]([O-])c1cc(Cl)ccc1COc1ccc(CBr)nc1. The molecule has 1 aromatic carbocycles. The van der Waals surface area contributed by atoms with Crippen molar-refractivity contribution in [1.29, 1.82) is 0 Å². The predicted molar refractivity (Wildman–Crippen MR) is 79.3 cm³/mol. The van der Waals surface area contributed by atoms with Gasteiger partial charge in [0.25, 0.3) is 5.69 Å². The molecule has 0 aliphatic rings. The molecular weight excluding hydrogens is 348 g/mol. The van der Waals surface area contributed by atoms with E-state index >= 15 is 0 Å². The summed E-state index contributed by atoms with van der Waals surface area (Å²) < 4.78 is 5.50. The molecule has 2 rings (SSSR count). The molecular formula is C13H10BrClN2O3. The minimum Gasteiger partial charge on any atom is -0.487 e. The van der Waals surface area contributed by atoms with Gasteiger partial charge in [-0.2, -0.15) is 0 Å². The second-order valence-electron chi connectivity index (χ2n) is 3.94. The quantitative estimate of drug-likeness (QED) is 0.459. The van der Waals surface area contributed by atoms with Crippen LogP contribution >= 0.6 is 27.5 Å². The summed E-state index contributed by atoms with van der Waals surface area (Å²) in [4.78, 5) is 14.6. The average molecular weight is 358 g/mol. The van der Waals surface area contributed by atoms with Gasteiger partial charge in [0.05, 0.1) is 22.4 Å². The third-order valence-corrected chi connectivity index (χ3v) is 3.38. The van der Waals surface area contributed by atoms with Gasteiger partial charge in [0.2, 0.25) is 0 Å². The molecule has 20 heavy (non-hydrogen) atoms. The number of hydrogen-bond donors (Lipinski definition) is 0. The molecule has 0 aliphatic carbocycles. The maximum atomic E-state index is 10.9. The zero-order chi connectivity index (χ0) is 14.5. The molecule has 104 valence electrons. The van der Waals surface area contributed by atoms with Crippen LogP contribution in [0.15, 0.2) is 36.5 Å².